The minimum atomic E-state index is -0.528. The Bertz CT molecular complexity index is 1180. The first-order valence-corrected chi connectivity index (χ1v) is 11.7. The van der Waals surface area contributed by atoms with E-state index in [1.807, 2.05) is 0 Å². The third kappa shape index (κ3) is 3.91. The molecule has 0 spiro atoms. The summed E-state index contributed by atoms with van der Waals surface area (Å²) in [5.41, 5.74) is 1.39. The van der Waals surface area contributed by atoms with Gasteiger partial charge in [0.05, 0.1) is 26.4 Å². The average molecular weight is 489 g/mol. The Morgan fingerprint density at radius 3 is 2.66 bits per heavy atom. The Morgan fingerprint density at radius 2 is 1.97 bits per heavy atom. The molecule has 1 atom stereocenters. The fourth-order valence-corrected chi connectivity index (χ4v) is 6.40. The predicted octanol–water partition coefficient (Wildman–Crippen LogP) is 5.56. The van der Waals surface area contributed by atoms with E-state index in [0.717, 1.165) is 35.0 Å². The Kier molecular flexibility index (Phi) is 5.88. The monoisotopic (exact) mass is 487 g/mol. The van der Waals surface area contributed by atoms with Crippen molar-refractivity contribution in [1.82, 2.24) is 9.55 Å². The second kappa shape index (κ2) is 8.12. The van der Waals surface area contributed by atoms with Crippen molar-refractivity contribution in [1.29, 1.82) is 0 Å². The van der Waals surface area contributed by atoms with Crippen LogP contribution in [0, 0.1) is 0 Å². The van der Waals surface area contributed by atoms with Crippen LogP contribution < -0.4 is 10.9 Å². The van der Waals surface area contributed by atoms with Crippen LogP contribution in [0.3, 0.4) is 0 Å². The number of carbonyl (C=O) groups excluding carboxylic acids is 1. The van der Waals surface area contributed by atoms with Gasteiger partial charge in [-0.1, -0.05) is 46.6 Å². The van der Waals surface area contributed by atoms with E-state index in [4.69, 9.17) is 34.8 Å². The third-order valence-electron chi connectivity index (χ3n) is 4.81. The van der Waals surface area contributed by atoms with Gasteiger partial charge in [-0.05, 0) is 43.9 Å². The molecule has 0 saturated heterocycles. The maximum absolute atomic E-state index is 12.9. The second-order valence-corrected chi connectivity index (χ2v) is 10.4. The smallest absolute Gasteiger partial charge is 0.262 e. The zero-order chi connectivity index (χ0) is 20.9. The number of thiophene rings is 1. The van der Waals surface area contributed by atoms with Crippen LogP contribution in [0.5, 0.6) is 0 Å². The lowest BCUT2D eigenvalue weighted by atomic mass is 10.2. The summed E-state index contributed by atoms with van der Waals surface area (Å²) in [5.74, 6) is -0.302. The molecule has 1 unspecified atom stereocenters. The first kappa shape index (κ1) is 21.0. The van der Waals surface area contributed by atoms with Crippen LogP contribution in [0.15, 0.2) is 22.1 Å². The average Bonchev–Trinajstić information content (AvgIpc) is 3.22. The van der Waals surface area contributed by atoms with Gasteiger partial charge in [-0.2, -0.15) is 0 Å². The molecule has 0 aliphatic heterocycles. The van der Waals surface area contributed by atoms with Crippen molar-refractivity contribution >= 4 is 79.7 Å². The lowest BCUT2D eigenvalue weighted by molar-refractivity contribution is -0.115. The van der Waals surface area contributed by atoms with Crippen LogP contribution in [0.4, 0.5) is 5.69 Å². The van der Waals surface area contributed by atoms with Gasteiger partial charge in [-0.3, -0.25) is 14.2 Å². The lowest BCUT2D eigenvalue weighted by Gasteiger charge is -2.15. The quantitative estimate of drug-likeness (QED) is 0.385. The van der Waals surface area contributed by atoms with Gasteiger partial charge in [-0.25, -0.2) is 4.98 Å². The normalized spacial score (nSPS) is 14.2. The number of halogens is 3. The largest absolute Gasteiger partial charge is 0.323 e. The Balaban J connectivity index is 1.59. The van der Waals surface area contributed by atoms with Gasteiger partial charge in [0, 0.05) is 16.9 Å². The number of carbonyl (C=O) groups is 1. The molecular formula is C19H16Cl3N3O2S2. The number of fused-ring (bicyclic) bond motifs is 3. The highest BCUT2D eigenvalue weighted by molar-refractivity contribution is 8.00. The van der Waals surface area contributed by atoms with E-state index in [1.165, 1.54) is 33.3 Å². The van der Waals surface area contributed by atoms with Gasteiger partial charge in [0.25, 0.3) is 5.56 Å². The number of aryl methyl sites for hydroxylation is 2. The fraction of sp³-hybridized carbons (Fsp3) is 0.316. The summed E-state index contributed by atoms with van der Waals surface area (Å²) < 4.78 is 1.52. The number of hydrogen-bond acceptors (Lipinski definition) is 5. The minimum Gasteiger partial charge on any atom is -0.323 e. The van der Waals surface area contributed by atoms with Crippen molar-refractivity contribution in [2.75, 3.05) is 5.32 Å². The zero-order valence-corrected chi connectivity index (χ0v) is 19.4. The van der Waals surface area contributed by atoms with Crippen molar-refractivity contribution in [3.8, 4) is 0 Å². The molecule has 0 saturated carbocycles. The Hall–Kier alpha value is -1.25. The zero-order valence-electron chi connectivity index (χ0n) is 15.5. The summed E-state index contributed by atoms with van der Waals surface area (Å²) in [6, 6.07) is 3.02. The molecular weight excluding hydrogens is 473 g/mol. The highest BCUT2D eigenvalue weighted by atomic mass is 35.5. The second-order valence-electron chi connectivity index (χ2n) is 6.79. The molecule has 152 valence electrons. The maximum Gasteiger partial charge on any atom is 0.262 e. The number of nitrogens with zero attached hydrogens (tertiary/aromatic N) is 2. The van der Waals surface area contributed by atoms with Crippen molar-refractivity contribution < 1.29 is 4.79 Å². The number of benzene rings is 1. The summed E-state index contributed by atoms with van der Waals surface area (Å²) in [6.07, 6.45) is 3.02. The lowest BCUT2D eigenvalue weighted by Crippen LogP contribution is -2.25. The number of hydrogen-bond donors (Lipinski definition) is 1. The van der Waals surface area contributed by atoms with E-state index in [0.29, 0.717) is 15.9 Å². The maximum atomic E-state index is 12.9. The van der Waals surface area contributed by atoms with Gasteiger partial charge in [0.1, 0.15) is 4.83 Å². The van der Waals surface area contributed by atoms with Gasteiger partial charge >= 0.3 is 0 Å². The van der Waals surface area contributed by atoms with Crippen LogP contribution in [-0.4, -0.2) is 20.7 Å². The summed E-state index contributed by atoms with van der Waals surface area (Å²) in [5, 5.41) is 4.33. The van der Waals surface area contributed by atoms with Crippen molar-refractivity contribution in [2.24, 2.45) is 7.05 Å². The number of amides is 1. The topological polar surface area (TPSA) is 64.0 Å². The summed E-state index contributed by atoms with van der Waals surface area (Å²) in [6.45, 7) is 1.74. The molecule has 1 aliphatic rings. The SMILES string of the molecule is CC(Sc1nc2sc3c(c2c(=O)n1C)CCC3)C(=O)Nc1c(Cl)cc(Cl)cc1Cl. The first-order chi connectivity index (χ1) is 13.8. The molecule has 1 aliphatic carbocycles. The number of aromatic nitrogens is 2. The minimum absolute atomic E-state index is 0.0618. The van der Waals surface area contributed by atoms with E-state index < -0.39 is 5.25 Å². The predicted molar refractivity (Wildman–Crippen MR) is 122 cm³/mol. The molecule has 2 heterocycles. The van der Waals surface area contributed by atoms with Crippen LogP contribution in [0.25, 0.3) is 10.2 Å². The van der Waals surface area contributed by atoms with Crippen molar-refractivity contribution in [3.63, 3.8) is 0 Å². The van der Waals surface area contributed by atoms with E-state index in [9.17, 15) is 9.59 Å². The van der Waals surface area contributed by atoms with Crippen molar-refractivity contribution in [3.05, 3.63) is 48.0 Å². The van der Waals surface area contributed by atoms with Crippen LogP contribution in [0.1, 0.15) is 23.8 Å². The number of nitrogens with one attached hydrogen (secondary N) is 1. The van der Waals surface area contributed by atoms with E-state index in [1.54, 1.807) is 25.3 Å². The van der Waals surface area contributed by atoms with E-state index in [-0.39, 0.29) is 21.5 Å². The van der Waals surface area contributed by atoms with Crippen LogP contribution in [-0.2, 0) is 24.7 Å². The van der Waals surface area contributed by atoms with Gasteiger partial charge in [0.2, 0.25) is 5.91 Å². The molecule has 2 aromatic heterocycles. The molecule has 29 heavy (non-hydrogen) atoms. The number of rotatable bonds is 4. The Morgan fingerprint density at radius 1 is 1.28 bits per heavy atom. The highest BCUT2D eigenvalue weighted by Gasteiger charge is 2.24. The third-order valence-corrected chi connectivity index (χ3v) is 7.96. The first-order valence-electron chi connectivity index (χ1n) is 8.89. The number of anilines is 1. The van der Waals surface area contributed by atoms with Crippen LogP contribution >= 0.6 is 57.9 Å². The van der Waals surface area contributed by atoms with Crippen LogP contribution in [0.2, 0.25) is 15.1 Å². The van der Waals surface area contributed by atoms with Crippen molar-refractivity contribution in [2.45, 2.75) is 36.6 Å². The van der Waals surface area contributed by atoms with E-state index >= 15 is 0 Å². The van der Waals surface area contributed by atoms with Gasteiger partial charge in [-0.15, -0.1) is 11.3 Å². The molecule has 0 bridgehead atoms. The summed E-state index contributed by atoms with van der Waals surface area (Å²) >= 11 is 21.0. The molecule has 0 fully saturated rings. The molecule has 0 radical (unpaired) electrons. The number of thioether (sulfide) groups is 1. The summed E-state index contributed by atoms with van der Waals surface area (Å²) in [7, 11) is 1.69. The molecule has 3 aromatic rings. The molecule has 1 aromatic carbocycles. The molecule has 4 rings (SSSR count). The summed E-state index contributed by atoms with van der Waals surface area (Å²) in [4.78, 5) is 32.3. The van der Waals surface area contributed by atoms with Gasteiger partial charge < -0.3 is 5.32 Å². The standard InChI is InChI=1S/C19H16Cl3N3O2S2/c1-8(16(26)23-15-11(21)6-9(20)7-12(15)22)28-19-24-17-14(18(27)25(19)2)10-4-3-5-13(10)29-17/h6-8H,3-5H2,1-2H3,(H,23,26). The van der Waals surface area contributed by atoms with E-state index in [2.05, 4.69) is 10.3 Å². The highest BCUT2D eigenvalue weighted by Crippen LogP contribution is 2.37. The molecule has 1 amide bonds. The van der Waals surface area contributed by atoms with Gasteiger partial charge in [0.15, 0.2) is 5.16 Å². The molecule has 1 N–H and O–H groups in total. The molecule has 10 heteroatoms. The molecule has 5 nitrogen and oxygen atoms in total. The fourth-order valence-electron chi connectivity index (χ4n) is 3.31. The Labute approximate surface area is 190 Å².